The van der Waals surface area contributed by atoms with Crippen molar-refractivity contribution in [1.29, 1.82) is 0 Å². The zero-order valence-corrected chi connectivity index (χ0v) is 11.3. The highest BCUT2D eigenvalue weighted by Gasteiger charge is 2.16. The number of hydrogen-bond acceptors (Lipinski definition) is 2. The average Bonchev–Trinajstić information content (AvgIpc) is 2.75. The molecule has 0 spiro atoms. The first-order valence-electron chi connectivity index (χ1n) is 7.38. The second-order valence-electron chi connectivity index (χ2n) is 5.51. The molecule has 0 saturated heterocycles. The molecule has 0 amide bonds. The lowest BCUT2D eigenvalue weighted by atomic mass is 9.96. The Balaban J connectivity index is 1.76. The molecule has 0 unspecified atom stereocenters. The van der Waals surface area contributed by atoms with Crippen LogP contribution in [0.4, 0.5) is 0 Å². The van der Waals surface area contributed by atoms with E-state index < -0.39 is 0 Å². The van der Waals surface area contributed by atoms with E-state index in [1.807, 2.05) is 12.4 Å². The quantitative estimate of drug-likeness (QED) is 0.781. The third kappa shape index (κ3) is 3.03. The maximum atomic E-state index is 4.33. The molecule has 1 fully saturated rings. The molecular weight excluding hydrogens is 234 g/mol. The third-order valence-electron chi connectivity index (χ3n) is 4.10. The van der Waals surface area contributed by atoms with E-state index in [1.165, 1.54) is 38.5 Å². The fraction of sp³-hybridized carbons (Fsp3) is 0.500. The lowest BCUT2D eigenvalue weighted by molar-refractivity contribution is 0.445. The summed E-state index contributed by atoms with van der Waals surface area (Å²) in [5, 5.41) is 8.43. The van der Waals surface area contributed by atoms with Crippen LogP contribution in [0.25, 0.3) is 5.69 Å². The van der Waals surface area contributed by atoms with Crippen LogP contribution in [0.5, 0.6) is 0 Å². The molecule has 0 bridgehead atoms. The van der Waals surface area contributed by atoms with Gasteiger partial charge in [0.05, 0.1) is 0 Å². The molecule has 100 valence electrons. The molecule has 0 N–H and O–H groups in total. The minimum absolute atomic E-state index is 0.786. The van der Waals surface area contributed by atoms with E-state index in [9.17, 15) is 0 Å². The van der Waals surface area contributed by atoms with Crippen molar-refractivity contribution >= 4 is 0 Å². The number of rotatable bonds is 3. The van der Waals surface area contributed by atoms with Gasteiger partial charge in [0.25, 0.3) is 0 Å². The summed E-state index contributed by atoms with van der Waals surface area (Å²) in [5.41, 5.74) is 1.16. The summed E-state index contributed by atoms with van der Waals surface area (Å²) in [6, 6.07) is 10.4. The average molecular weight is 255 g/mol. The van der Waals surface area contributed by atoms with Crippen molar-refractivity contribution in [2.24, 2.45) is 5.92 Å². The second-order valence-corrected chi connectivity index (χ2v) is 5.51. The molecule has 1 heterocycles. The normalized spacial score (nSPS) is 17.3. The van der Waals surface area contributed by atoms with E-state index in [2.05, 4.69) is 39.0 Å². The van der Waals surface area contributed by atoms with Gasteiger partial charge in [0, 0.05) is 12.1 Å². The summed E-state index contributed by atoms with van der Waals surface area (Å²) in [6.07, 6.45) is 11.2. The molecule has 3 rings (SSSR count). The number of hydrogen-bond donors (Lipinski definition) is 0. The monoisotopic (exact) mass is 255 g/mol. The van der Waals surface area contributed by atoms with Crippen LogP contribution in [0.2, 0.25) is 0 Å². The molecule has 0 aliphatic heterocycles. The molecule has 1 aromatic heterocycles. The van der Waals surface area contributed by atoms with Crippen molar-refractivity contribution in [2.75, 3.05) is 0 Å². The fourth-order valence-electron chi connectivity index (χ4n) is 3.03. The number of benzene rings is 1. The predicted molar refractivity (Wildman–Crippen MR) is 76.3 cm³/mol. The van der Waals surface area contributed by atoms with Gasteiger partial charge in [0.15, 0.2) is 0 Å². The van der Waals surface area contributed by atoms with Gasteiger partial charge in [-0.1, -0.05) is 56.7 Å². The Labute approximate surface area is 114 Å². The highest BCUT2D eigenvalue weighted by molar-refractivity contribution is 5.32. The molecule has 3 nitrogen and oxygen atoms in total. The van der Waals surface area contributed by atoms with Crippen LogP contribution in [-0.2, 0) is 6.42 Å². The molecule has 2 aromatic rings. The maximum absolute atomic E-state index is 4.33. The smallest absolute Gasteiger partial charge is 0.137 e. The summed E-state index contributed by atoms with van der Waals surface area (Å²) in [6.45, 7) is 0. The van der Waals surface area contributed by atoms with E-state index in [4.69, 9.17) is 0 Å². The zero-order valence-electron chi connectivity index (χ0n) is 11.3. The molecule has 1 aliphatic rings. The largest absolute Gasteiger partial charge is 0.286 e. The van der Waals surface area contributed by atoms with Gasteiger partial charge in [0.2, 0.25) is 0 Å². The standard InChI is InChI=1S/C16H21N3/c1-2-5-9-14(8-4-1)12-16-18-17-13-19(16)15-10-6-3-7-11-15/h3,6-7,10-11,13-14H,1-2,4-5,8-9,12H2. The fourth-order valence-corrected chi connectivity index (χ4v) is 3.03. The van der Waals surface area contributed by atoms with Gasteiger partial charge < -0.3 is 0 Å². The first-order valence-corrected chi connectivity index (χ1v) is 7.38. The minimum atomic E-state index is 0.786. The molecular formula is C16H21N3. The van der Waals surface area contributed by atoms with Crippen LogP contribution in [0.1, 0.15) is 44.3 Å². The Kier molecular flexibility index (Phi) is 3.92. The molecule has 3 heteroatoms. The third-order valence-corrected chi connectivity index (χ3v) is 4.10. The van der Waals surface area contributed by atoms with Crippen LogP contribution in [0.3, 0.4) is 0 Å². The highest BCUT2D eigenvalue weighted by Crippen LogP contribution is 2.26. The summed E-state index contributed by atoms with van der Waals surface area (Å²) in [4.78, 5) is 0. The molecule has 0 radical (unpaired) electrons. The van der Waals surface area contributed by atoms with Gasteiger partial charge in [-0.15, -0.1) is 10.2 Å². The first-order chi connectivity index (χ1) is 9.43. The maximum Gasteiger partial charge on any atom is 0.137 e. The molecule has 0 atom stereocenters. The Hall–Kier alpha value is -1.64. The lowest BCUT2D eigenvalue weighted by Gasteiger charge is -2.14. The van der Waals surface area contributed by atoms with E-state index in [-0.39, 0.29) is 0 Å². The van der Waals surface area contributed by atoms with Crippen molar-refractivity contribution < 1.29 is 0 Å². The number of para-hydroxylation sites is 1. The van der Waals surface area contributed by atoms with Crippen molar-refractivity contribution in [3.63, 3.8) is 0 Å². The SMILES string of the molecule is c1ccc(-n2cnnc2CC2CCCCCC2)cc1. The topological polar surface area (TPSA) is 30.7 Å². The van der Waals surface area contributed by atoms with Gasteiger partial charge in [-0.3, -0.25) is 4.57 Å². The summed E-state index contributed by atoms with van der Waals surface area (Å²) < 4.78 is 2.13. The molecule has 1 aromatic carbocycles. The van der Waals surface area contributed by atoms with Crippen LogP contribution < -0.4 is 0 Å². The van der Waals surface area contributed by atoms with Crippen molar-refractivity contribution in [3.8, 4) is 5.69 Å². The number of nitrogens with zero attached hydrogens (tertiary/aromatic N) is 3. The molecule has 1 saturated carbocycles. The summed E-state index contributed by atoms with van der Waals surface area (Å²) in [7, 11) is 0. The van der Waals surface area contributed by atoms with Crippen molar-refractivity contribution in [3.05, 3.63) is 42.5 Å². The summed E-state index contributed by atoms with van der Waals surface area (Å²) in [5.74, 6) is 1.90. The first kappa shape index (κ1) is 12.4. The van der Waals surface area contributed by atoms with Crippen LogP contribution in [0.15, 0.2) is 36.7 Å². The van der Waals surface area contributed by atoms with Crippen molar-refractivity contribution in [2.45, 2.75) is 44.9 Å². The van der Waals surface area contributed by atoms with Gasteiger partial charge in [-0.2, -0.15) is 0 Å². The number of aromatic nitrogens is 3. The van der Waals surface area contributed by atoms with Crippen LogP contribution >= 0.6 is 0 Å². The van der Waals surface area contributed by atoms with Gasteiger partial charge in [-0.25, -0.2) is 0 Å². The van der Waals surface area contributed by atoms with E-state index in [0.29, 0.717) is 0 Å². The van der Waals surface area contributed by atoms with Crippen molar-refractivity contribution in [1.82, 2.24) is 14.8 Å². The van der Waals surface area contributed by atoms with Crippen LogP contribution in [0, 0.1) is 5.92 Å². The highest BCUT2D eigenvalue weighted by atomic mass is 15.3. The molecule has 19 heavy (non-hydrogen) atoms. The Bertz CT molecular complexity index is 496. The van der Waals surface area contributed by atoms with Gasteiger partial charge >= 0.3 is 0 Å². The van der Waals surface area contributed by atoms with Gasteiger partial charge in [-0.05, 0) is 18.1 Å². The predicted octanol–water partition coefficient (Wildman–Crippen LogP) is 3.78. The minimum Gasteiger partial charge on any atom is -0.286 e. The second kappa shape index (κ2) is 6.00. The molecule has 1 aliphatic carbocycles. The van der Waals surface area contributed by atoms with Gasteiger partial charge in [0.1, 0.15) is 12.2 Å². The Morgan fingerprint density at radius 1 is 1.00 bits per heavy atom. The lowest BCUT2D eigenvalue weighted by Crippen LogP contribution is -2.09. The zero-order chi connectivity index (χ0) is 12.9. The van der Waals surface area contributed by atoms with Crippen LogP contribution in [-0.4, -0.2) is 14.8 Å². The summed E-state index contributed by atoms with van der Waals surface area (Å²) >= 11 is 0. The van der Waals surface area contributed by atoms with E-state index in [0.717, 1.165) is 23.9 Å². The van der Waals surface area contributed by atoms with E-state index >= 15 is 0 Å². The Morgan fingerprint density at radius 3 is 2.47 bits per heavy atom. The van der Waals surface area contributed by atoms with E-state index in [1.54, 1.807) is 0 Å². The Morgan fingerprint density at radius 2 is 1.74 bits per heavy atom.